The first-order valence-electron chi connectivity index (χ1n) is 8.02. The summed E-state index contributed by atoms with van der Waals surface area (Å²) in [7, 11) is 0. The standard InChI is InChI=1S/C17H30N2S/c1-5-7-15(16-8-6-11-20-16)19-10-9-14(13-19)12-18-17(2,3)4/h6,8,11,14-15,18H,5,7,9-10,12-13H2,1-4H3. The molecule has 0 aromatic carbocycles. The molecule has 0 bridgehead atoms. The van der Waals surface area contributed by atoms with E-state index in [4.69, 9.17) is 0 Å². The zero-order valence-electron chi connectivity index (χ0n) is 13.5. The molecule has 1 N–H and O–H groups in total. The molecule has 2 nitrogen and oxygen atoms in total. The molecule has 114 valence electrons. The van der Waals surface area contributed by atoms with Gasteiger partial charge in [-0.2, -0.15) is 0 Å². The lowest BCUT2D eigenvalue weighted by molar-refractivity contribution is 0.224. The van der Waals surface area contributed by atoms with E-state index in [9.17, 15) is 0 Å². The van der Waals surface area contributed by atoms with Crippen molar-refractivity contribution in [2.24, 2.45) is 5.92 Å². The molecule has 3 heteroatoms. The molecule has 1 aliphatic rings. The average molecular weight is 295 g/mol. The van der Waals surface area contributed by atoms with E-state index in [-0.39, 0.29) is 5.54 Å². The lowest BCUT2D eigenvalue weighted by Gasteiger charge is -2.28. The van der Waals surface area contributed by atoms with Crippen molar-refractivity contribution in [2.45, 2.75) is 58.5 Å². The van der Waals surface area contributed by atoms with Gasteiger partial charge in [0.25, 0.3) is 0 Å². The van der Waals surface area contributed by atoms with E-state index in [0.29, 0.717) is 6.04 Å². The summed E-state index contributed by atoms with van der Waals surface area (Å²) in [6.45, 7) is 12.7. The first-order valence-corrected chi connectivity index (χ1v) is 8.90. The Bertz CT molecular complexity index is 380. The maximum Gasteiger partial charge on any atom is 0.0441 e. The van der Waals surface area contributed by atoms with Crippen molar-refractivity contribution in [3.63, 3.8) is 0 Å². The average Bonchev–Trinajstić information content (AvgIpc) is 3.04. The van der Waals surface area contributed by atoms with Gasteiger partial charge in [0.05, 0.1) is 0 Å². The summed E-state index contributed by atoms with van der Waals surface area (Å²) in [5, 5.41) is 5.88. The third-order valence-electron chi connectivity index (χ3n) is 4.11. The van der Waals surface area contributed by atoms with Gasteiger partial charge in [0.15, 0.2) is 0 Å². The second-order valence-corrected chi connectivity index (χ2v) is 8.08. The van der Waals surface area contributed by atoms with E-state index in [1.807, 2.05) is 11.3 Å². The Labute approximate surface area is 128 Å². The van der Waals surface area contributed by atoms with E-state index in [1.54, 1.807) is 4.88 Å². The zero-order valence-corrected chi connectivity index (χ0v) is 14.3. The minimum atomic E-state index is 0.240. The summed E-state index contributed by atoms with van der Waals surface area (Å²) >= 11 is 1.92. The second-order valence-electron chi connectivity index (χ2n) is 7.10. The molecule has 0 spiro atoms. The summed E-state index contributed by atoms with van der Waals surface area (Å²) in [5.41, 5.74) is 0.240. The van der Waals surface area contributed by atoms with E-state index < -0.39 is 0 Å². The fourth-order valence-electron chi connectivity index (χ4n) is 3.02. The summed E-state index contributed by atoms with van der Waals surface area (Å²) < 4.78 is 0. The smallest absolute Gasteiger partial charge is 0.0441 e. The number of nitrogens with zero attached hydrogens (tertiary/aromatic N) is 1. The molecular weight excluding hydrogens is 264 g/mol. The zero-order chi connectivity index (χ0) is 14.6. The Balaban J connectivity index is 1.89. The highest BCUT2D eigenvalue weighted by Crippen LogP contribution is 2.33. The van der Waals surface area contributed by atoms with E-state index in [2.05, 4.69) is 55.4 Å². The molecular formula is C17H30N2S. The Morgan fingerprint density at radius 2 is 2.25 bits per heavy atom. The van der Waals surface area contributed by atoms with Gasteiger partial charge in [0, 0.05) is 23.0 Å². The minimum Gasteiger partial charge on any atom is -0.312 e. The lowest BCUT2D eigenvalue weighted by atomic mass is 10.0. The Kier molecular flexibility index (Phi) is 5.65. The van der Waals surface area contributed by atoms with Crippen molar-refractivity contribution in [2.75, 3.05) is 19.6 Å². The quantitative estimate of drug-likeness (QED) is 0.841. The van der Waals surface area contributed by atoms with Crippen LogP contribution in [0.4, 0.5) is 0 Å². The Morgan fingerprint density at radius 3 is 2.85 bits per heavy atom. The molecule has 2 unspecified atom stereocenters. The first kappa shape index (κ1) is 16.0. The number of nitrogens with one attached hydrogen (secondary N) is 1. The second kappa shape index (κ2) is 7.06. The van der Waals surface area contributed by atoms with Gasteiger partial charge < -0.3 is 5.32 Å². The number of thiophene rings is 1. The van der Waals surface area contributed by atoms with Crippen molar-refractivity contribution in [1.29, 1.82) is 0 Å². The minimum absolute atomic E-state index is 0.240. The van der Waals surface area contributed by atoms with Crippen molar-refractivity contribution in [3.8, 4) is 0 Å². The van der Waals surface area contributed by atoms with Crippen LogP contribution in [0.3, 0.4) is 0 Å². The lowest BCUT2D eigenvalue weighted by Crippen LogP contribution is -2.39. The monoisotopic (exact) mass is 294 g/mol. The fourth-order valence-corrected chi connectivity index (χ4v) is 3.92. The van der Waals surface area contributed by atoms with Gasteiger partial charge in [0.1, 0.15) is 0 Å². The Hall–Kier alpha value is -0.380. The normalized spacial score (nSPS) is 22.3. The summed E-state index contributed by atoms with van der Waals surface area (Å²) in [5.74, 6) is 0.813. The summed E-state index contributed by atoms with van der Waals surface area (Å²) in [6, 6.07) is 5.16. The van der Waals surface area contributed by atoms with Crippen LogP contribution in [0.25, 0.3) is 0 Å². The topological polar surface area (TPSA) is 15.3 Å². The van der Waals surface area contributed by atoms with Crippen LogP contribution in [-0.2, 0) is 0 Å². The highest BCUT2D eigenvalue weighted by atomic mass is 32.1. The van der Waals surface area contributed by atoms with Gasteiger partial charge in [-0.15, -0.1) is 11.3 Å². The van der Waals surface area contributed by atoms with Crippen LogP contribution in [-0.4, -0.2) is 30.1 Å². The van der Waals surface area contributed by atoms with E-state index in [1.165, 1.54) is 32.4 Å². The number of hydrogen-bond acceptors (Lipinski definition) is 3. The van der Waals surface area contributed by atoms with Crippen LogP contribution in [0, 0.1) is 5.92 Å². The molecule has 20 heavy (non-hydrogen) atoms. The van der Waals surface area contributed by atoms with Crippen molar-refractivity contribution in [3.05, 3.63) is 22.4 Å². The predicted molar refractivity (Wildman–Crippen MR) is 89.4 cm³/mol. The molecule has 1 aromatic rings. The SMILES string of the molecule is CCCC(c1cccs1)N1CCC(CNC(C)(C)C)C1. The molecule has 2 rings (SSSR count). The van der Waals surface area contributed by atoms with Gasteiger partial charge in [-0.25, -0.2) is 0 Å². The van der Waals surface area contributed by atoms with E-state index in [0.717, 1.165) is 12.5 Å². The van der Waals surface area contributed by atoms with Gasteiger partial charge in [0.2, 0.25) is 0 Å². The summed E-state index contributed by atoms with van der Waals surface area (Å²) in [4.78, 5) is 4.26. The number of likely N-dealkylation sites (tertiary alicyclic amines) is 1. The Morgan fingerprint density at radius 1 is 1.45 bits per heavy atom. The van der Waals surface area contributed by atoms with Crippen molar-refractivity contribution >= 4 is 11.3 Å². The van der Waals surface area contributed by atoms with Crippen LogP contribution in [0.15, 0.2) is 17.5 Å². The van der Waals surface area contributed by atoms with Gasteiger partial charge in [-0.3, -0.25) is 4.90 Å². The number of hydrogen-bond donors (Lipinski definition) is 1. The molecule has 1 aromatic heterocycles. The molecule has 1 aliphatic heterocycles. The molecule has 0 radical (unpaired) electrons. The third kappa shape index (κ3) is 4.57. The highest BCUT2D eigenvalue weighted by molar-refractivity contribution is 7.10. The van der Waals surface area contributed by atoms with Crippen LogP contribution in [0.2, 0.25) is 0 Å². The molecule has 2 atom stereocenters. The molecule has 0 aliphatic carbocycles. The molecule has 1 fully saturated rings. The fraction of sp³-hybridized carbons (Fsp3) is 0.765. The van der Waals surface area contributed by atoms with Gasteiger partial charge in [-0.1, -0.05) is 19.4 Å². The molecule has 0 amide bonds. The largest absolute Gasteiger partial charge is 0.312 e. The highest BCUT2D eigenvalue weighted by Gasteiger charge is 2.29. The van der Waals surface area contributed by atoms with E-state index >= 15 is 0 Å². The first-order chi connectivity index (χ1) is 9.49. The maximum atomic E-state index is 3.67. The maximum absolute atomic E-state index is 3.67. The van der Waals surface area contributed by atoms with Crippen LogP contribution >= 0.6 is 11.3 Å². The van der Waals surface area contributed by atoms with Gasteiger partial charge in [-0.05, 0) is 64.1 Å². The summed E-state index contributed by atoms with van der Waals surface area (Å²) in [6.07, 6.45) is 3.90. The van der Waals surface area contributed by atoms with Gasteiger partial charge >= 0.3 is 0 Å². The molecule has 1 saturated heterocycles. The van der Waals surface area contributed by atoms with Crippen molar-refractivity contribution < 1.29 is 0 Å². The van der Waals surface area contributed by atoms with Crippen LogP contribution in [0.1, 0.15) is 57.9 Å². The number of rotatable bonds is 6. The van der Waals surface area contributed by atoms with Crippen molar-refractivity contribution in [1.82, 2.24) is 10.2 Å². The predicted octanol–water partition coefficient (Wildman–Crippen LogP) is 4.30. The molecule has 0 saturated carbocycles. The van der Waals surface area contributed by atoms with Crippen LogP contribution < -0.4 is 5.32 Å². The third-order valence-corrected chi connectivity index (χ3v) is 5.09. The molecule has 2 heterocycles. The van der Waals surface area contributed by atoms with Crippen LogP contribution in [0.5, 0.6) is 0 Å².